The van der Waals surface area contributed by atoms with E-state index in [2.05, 4.69) is 29.9 Å². The van der Waals surface area contributed by atoms with E-state index in [0.717, 1.165) is 13.0 Å². The molecule has 0 bridgehead atoms. The molecule has 1 atom stereocenters. The normalized spacial score (nSPS) is 20.8. The number of nitrogens with one attached hydrogen (secondary N) is 1. The van der Waals surface area contributed by atoms with E-state index in [1.165, 1.54) is 18.2 Å². The summed E-state index contributed by atoms with van der Waals surface area (Å²) in [5, 5.41) is 12.1. The van der Waals surface area contributed by atoms with Gasteiger partial charge in [-0.3, -0.25) is 9.64 Å². The van der Waals surface area contributed by atoms with E-state index in [1.807, 2.05) is 4.90 Å². The number of hydrogen-bond acceptors (Lipinski definition) is 8. The van der Waals surface area contributed by atoms with Crippen molar-refractivity contribution in [2.75, 3.05) is 49.5 Å². The fourth-order valence-corrected chi connectivity index (χ4v) is 3.56. The fraction of sp³-hybridized carbons (Fsp3) is 0.611. The van der Waals surface area contributed by atoms with Gasteiger partial charge >= 0.3 is 6.36 Å². The zero-order valence-electron chi connectivity index (χ0n) is 16.8. The SMILES string of the molecule is OCCN1CCCN(c2nc(NC3=CCC(OC(F)(F)F)C=C3)nc(C(Cl)(Cl)Cl)n2)CC1. The maximum absolute atomic E-state index is 12.4. The number of ether oxygens (including phenoxy) is 1. The summed E-state index contributed by atoms with van der Waals surface area (Å²) in [6.07, 6.45) is -0.712. The minimum atomic E-state index is -4.71. The Balaban J connectivity index is 1.76. The Kier molecular flexibility index (Phi) is 8.45. The second kappa shape index (κ2) is 10.7. The number of aliphatic hydroxyl groups is 1. The van der Waals surface area contributed by atoms with Gasteiger partial charge in [-0.1, -0.05) is 47.0 Å². The molecule has 0 spiro atoms. The monoisotopic (exact) mass is 516 g/mol. The van der Waals surface area contributed by atoms with Crippen molar-refractivity contribution in [2.45, 2.75) is 29.1 Å². The molecule has 1 aliphatic carbocycles. The summed E-state index contributed by atoms with van der Waals surface area (Å²) in [5.74, 6) is 0.331. The van der Waals surface area contributed by atoms with Crippen LogP contribution in [0.25, 0.3) is 0 Å². The van der Waals surface area contributed by atoms with E-state index in [4.69, 9.17) is 39.9 Å². The van der Waals surface area contributed by atoms with Gasteiger partial charge in [-0.2, -0.15) is 15.0 Å². The van der Waals surface area contributed by atoms with Gasteiger partial charge in [0.15, 0.2) is 5.82 Å². The van der Waals surface area contributed by atoms with Gasteiger partial charge in [-0.15, -0.1) is 13.2 Å². The summed E-state index contributed by atoms with van der Waals surface area (Å²) < 4.78 is 39.2. The molecule has 1 fully saturated rings. The lowest BCUT2D eigenvalue weighted by atomic mass is 10.1. The molecule has 0 amide bonds. The molecule has 1 aromatic rings. The third-order valence-electron chi connectivity index (χ3n) is 4.77. The van der Waals surface area contributed by atoms with E-state index < -0.39 is 16.3 Å². The molecule has 178 valence electrons. The largest absolute Gasteiger partial charge is 0.523 e. The quantitative estimate of drug-likeness (QED) is 0.556. The Labute approximate surface area is 198 Å². The maximum Gasteiger partial charge on any atom is 0.523 e. The topological polar surface area (TPSA) is 86.6 Å². The first-order chi connectivity index (χ1) is 15.0. The number of nitrogens with zero attached hydrogens (tertiary/aromatic N) is 5. The highest BCUT2D eigenvalue weighted by molar-refractivity contribution is 6.66. The van der Waals surface area contributed by atoms with Gasteiger partial charge in [0.05, 0.1) is 12.7 Å². The van der Waals surface area contributed by atoms with Crippen LogP contribution in [0.15, 0.2) is 23.9 Å². The Morgan fingerprint density at radius 1 is 1.12 bits per heavy atom. The molecule has 1 saturated heterocycles. The number of allylic oxidation sites excluding steroid dienone is 1. The van der Waals surface area contributed by atoms with Gasteiger partial charge in [0.2, 0.25) is 15.7 Å². The van der Waals surface area contributed by atoms with E-state index in [1.54, 1.807) is 0 Å². The second-order valence-electron chi connectivity index (χ2n) is 7.17. The van der Waals surface area contributed by atoms with Crippen LogP contribution in [0.1, 0.15) is 18.7 Å². The summed E-state index contributed by atoms with van der Waals surface area (Å²) in [5.41, 5.74) is 0.476. The molecule has 0 saturated carbocycles. The van der Waals surface area contributed by atoms with Crippen LogP contribution < -0.4 is 10.2 Å². The number of aliphatic hydroxyl groups excluding tert-OH is 1. The molecule has 2 heterocycles. The lowest BCUT2D eigenvalue weighted by Crippen LogP contribution is -2.33. The lowest BCUT2D eigenvalue weighted by Gasteiger charge is -2.23. The second-order valence-corrected chi connectivity index (χ2v) is 9.45. The highest BCUT2D eigenvalue weighted by Gasteiger charge is 2.33. The highest BCUT2D eigenvalue weighted by Crippen LogP contribution is 2.37. The summed E-state index contributed by atoms with van der Waals surface area (Å²) in [4.78, 5) is 16.9. The third kappa shape index (κ3) is 7.60. The molecule has 1 unspecified atom stereocenters. The molecule has 8 nitrogen and oxygen atoms in total. The van der Waals surface area contributed by atoms with Gasteiger partial charge in [-0.05, 0) is 25.5 Å². The predicted octanol–water partition coefficient (Wildman–Crippen LogP) is 3.36. The van der Waals surface area contributed by atoms with Crippen molar-refractivity contribution in [1.82, 2.24) is 19.9 Å². The molecule has 1 aromatic heterocycles. The van der Waals surface area contributed by atoms with Crippen LogP contribution >= 0.6 is 34.8 Å². The van der Waals surface area contributed by atoms with E-state index in [-0.39, 0.29) is 24.8 Å². The third-order valence-corrected chi connectivity index (χ3v) is 5.27. The van der Waals surface area contributed by atoms with Crippen LogP contribution in [0.4, 0.5) is 25.1 Å². The molecular formula is C18H22Cl3F3N6O2. The summed E-state index contributed by atoms with van der Waals surface area (Å²) in [7, 11) is 0. The van der Waals surface area contributed by atoms with E-state index >= 15 is 0 Å². The van der Waals surface area contributed by atoms with Crippen LogP contribution in [0.3, 0.4) is 0 Å². The first-order valence-electron chi connectivity index (χ1n) is 9.85. The Morgan fingerprint density at radius 3 is 2.53 bits per heavy atom. The van der Waals surface area contributed by atoms with Gasteiger partial charge in [0.1, 0.15) is 0 Å². The highest BCUT2D eigenvalue weighted by atomic mass is 35.6. The summed E-state index contributed by atoms with van der Waals surface area (Å²) in [6.45, 7) is 3.44. The van der Waals surface area contributed by atoms with Crippen molar-refractivity contribution in [3.05, 3.63) is 29.7 Å². The molecule has 2 aliphatic rings. The average Bonchev–Trinajstić information content (AvgIpc) is 2.94. The number of anilines is 2. The number of rotatable bonds is 6. The maximum atomic E-state index is 12.4. The number of halogens is 6. The number of hydrogen-bond donors (Lipinski definition) is 2. The molecule has 0 aromatic carbocycles. The molecule has 3 rings (SSSR count). The summed E-state index contributed by atoms with van der Waals surface area (Å²) >= 11 is 18.0. The molecule has 2 N–H and O–H groups in total. The van der Waals surface area contributed by atoms with Crippen molar-refractivity contribution in [1.29, 1.82) is 0 Å². The summed E-state index contributed by atoms with van der Waals surface area (Å²) in [6, 6.07) is 0. The fourth-order valence-electron chi connectivity index (χ4n) is 3.31. The first kappa shape index (κ1) is 25.3. The Bertz CT molecular complexity index is 850. The van der Waals surface area contributed by atoms with Crippen LogP contribution in [0.2, 0.25) is 0 Å². The van der Waals surface area contributed by atoms with Crippen molar-refractivity contribution in [2.24, 2.45) is 0 Å². The van der Waals surface area contributed by atoms with Crippen molar-refractivity contribution in [3.8, 4) is 0 Å². The van der Waals surface area contributed by atoms with E-state index in [0.29, 0.717) is 37.8 Å². The molecule has 32 heavy (non-hydrogen) atoms. The van der Waals surface area contributed by atoms with Gasteiger partial charge in [-0.25, -0.2) is 0 Å². The molecule has 14 heteroatoms. The van der Waals surface area contributed by atoms with Crippen LogP contribution in [0.5, 0.6) is 0 Å². The minimum Gasteiger partial charge on any atom is -0.395 e. The number of aromatic nitrogens is 3. The van der Waals surface area contributed by atoms with Gasteiger partial charge in [0, 0.05) is 31.9 Å². The molecule has 0 radical (unpaired) electrons. The number of alkyl halides is 6. The lowest BCUT2D eigenvalue weighted by molar-refractivity contribution is -0.336. The Hall–Kier alpha value is -1.37. The first-order valence-corrected chi connectivity index (χ1v) is 11.0. The molecule has 1 aliphatic heterocycles. The van der Waals surface area contributed by atoms with Crippen LogP contribution in [0, 0.1) is 0 Å². The smallest absolute Gasteiger partial charge is 0.395 e. The predicted molar refractivity (Wildman–Crippen MR) is 116 cm³/mol. The van der Waals surface area contributed by atoms with Crippen molar-refractivity contribution >= 4 is 46.7 Å². The van der Waals surface area contributed by atoms with Crippen molar-refractivity contribution < 1.29 is 23.0 Å². The molecular weight excluding hydrogens is 496 g/mol. The van der Waals surface area contributed by atoms with Crippen molar-refractivity contribution in [3.63, 3.8) is 0 Å². The Morgan fingerprint density at radius 2 is 1.91 bits per heavy atom. The van der Waals surface area contributed by atoms with Crippen LogP contribution in [-0.2, 0) is 8.53 Å². The van der Waals surface area contributed by atoms with Gasteiger partial charge < -0.3 is 15.3 Å². The van der Waals surface area contributed by atoms with Crippen LogP contribution in [-0.4, -0.2) is 76.8 Å². The zero-order chi connectivity index (χ0) is 23.4. The minimum absolute atomic E-state index is 0.0143. The zero-order valence-corrected chi connectivity index (χ0v) is 19.1. The average molecular weight is 518 g/mol. The van der Waals surface area contributed by atoms with Gasteiger partial charge in [0.25, 0.3) is 0 Å². The standard InChI is InChI=1S/C18H22Cl3F3N6O2/c19-17(20,21)14-26-15(25-12-2-4-13(5-3-12)32-18(22,23)24)28-16(27-14)30-7-1-6-29(8-9-30)10-11-31/h2-4,13,31H,1,5-11H2,(H,25,26,27,28). The van der Waals surface area contributed by atoms with E-state index in [9.17, 15) is 13.2 Å². The number of β-amino-alcohol motifs (C(OH)–C–C–N with tert-alkyl or cyclic N) is 1.